The Hall–Kier alpha value is -0.820. The minimum absolute atomic E-state index is 0.556. The lowest BCUT2D eigenvalue weighted by Crippen LogP contribution is -2.34. The van der Waals surface area contributed by atoms with Gasteiger partial charge in [0.25, 0.3) is 0 Å². The first-order valence-electron chi connectivity index (χ1n) is 8.48. The van der Waals surface area contributed by atoms with E-state index in [-0.39, 0.29) is 0 Å². The van der Waals surface area contributed by atoms with E-state index in [1.165, 1.54) is 51.4 Å². The third-order valence-corrected chi connectivity index (χ3v) is 5.38. The minimum Gasteiger partial charge on any atom is -0.307 e. The van der Waals surface area contributed by atoms with Crippen LogP contribution in [-0.2, 0) is 6.42 Å². The van der Waals surface area contributed by atoms with E-state index >= 15 is 0 Å². The molecule has 0 aromatic heterocycles. The van der Waals surface area contributed by atoms with Gasteiger partial charge in [-0.2, -0.15) is 0 Å². The maximum Gasteiger partial charge on any atom is 0.0325 e. The molecule has 1 aromatic rings. The summed E-state index contributed by atoms with van der Waals surface area (Å²) in [6, 6.07) is 10.4. The van der Waals surface area contributed by atoms with Crippen LogP contribution in [0.25, 0.3) is 0 Å². The molecule has 2 aliphatic rings. The Morgan fingerprint density at radius 3 is 2.75 bits per heavy atom. The zero-order valence-electron chi connectivity index (χ0n) is 13.1. The van der Waals surface area contributed by atoms with Gasteiger partial charge in [0.15, 0.2) is 0 Å². The predicted octanol–water partition coefficient (Wildman–Crippen LogP) is 5.01. The van der Waals surface area contributed by atoms with Crippen molar-refractivity contribution in [3.63, 3.8) is 0 Å². The molecule has 110 valence electrons. The highest BCUT2D eigenvalue weighted by atomic mass is 15.0. The predicted molar refractivity (Wildman–Crippen MR) is 85.9 cm³/mol. The SMILES string of the molecule is CC1(C)CCCC(NC2CCCc3ccccc32)CC1. The van der Waals surface area contributed by atoms with Gasteiger partial charge in [0.2, 0.25) is 0 Å². The van der Waals surface area contributed by atoms with Crippen LogP contribution in [0.1, 0.15) is 76.0 Å². The van der Waals surface area contributed by atoms with Crippen molar-refractivity contribution in [2.45, 2.75) is 77.3 Å². The number of hydrogen-bond donors (Lipinski definition) is 1. The first-order chi connectivity index (χ1) is 9.64. The number of aryl methyl sites for hydroxylation is 1. The monoisotopic (exact) mass is 271 g/mol. The second kappa shape index (κ2) is 5.89. The van der Waals surface area contributed by atoms with Crippen molar-refractivity contribution in [3.05, 3.63) is 35.4 Å². The summed E-state index contributed by atoms with van der Waals surface area (Å²) < 4.78 is 0. The van der Waals surface area contributed by atoms with E-state index < -0.39 is 0 Å². The fraction of sp³-hybridized carbons (Fsp3) is 0.684. The van der Waals surface area contributed by atoms with Crippen LogP contribution >= 0.6 is 0 Å². The molecule has 1 heteroatoms. The topological polar surface area (TPSA) is 12.0 Å². The van der Waals surface area contributed by atoms with Gasteiger partial charge in [0, 0.05) is 12.1 Å². The van der Waals surface area contributed by atoms with E-state index in [1.54, 1.807) is 11.1 Å². The highest BCUT2D eigenvalue weighted by Gasteiger charge is 2.27. The van der Waals surface area contributed by atoms with Crippen LogP contribution < -0.4 is 5.32 Å². The largest absolute Gasteiger partial charge is 0.307 e. The Bertz CT molecular complexity index is 449. The molecule has 0 saturated heterocycles. The number of benzene rings is 1. The maximum absolute atomic E-state index is 3.99. The van der Waals surface area contributed by atoms with E-state index in [4.69, 9.17) is 0 Å². The van der Waals surface area contributed by atoms with E-state index in [0.717, 1.165) is 6.04 Å². The van der Waals surface area contributed by atoms with Gasteiger partial charge in [-0.1, -0.05) is 44.5 Å². The van der Waals surface area contributed by atoms with E-state index in [0.29, 0.717) is 11.5 Å². The van der Waals surface area contributed by atoms with Crippen LogP contribution in [0.15, 0.2) is 24.3 Å². The molecular formula is C19H29N. The second-order valence-electron chi connectivity index (χ2n) is 7.60. The number of nitrogens with one attached hydrogen (secondary N) is 1. The van der Waals surface area contributed by atoms with Gasteiger partial charge in [-0.05, 0) is 61.5 Å². The Kier molecular flexibility index (Phi) is 4.16. The first-order valence-corrected chi connectivity index (χ1v) is 8.48. The lowest BCUT2D eigenvalue weighted by molar-refractivity contribution is 0.304. The Morgan fingerprint density at radius 2 is 1.85 bits per heavy atom. The molecule has 3 rings (SSSR count). The molecule has 1 aromatic carbocycles. The fourth-order valence-electron chi connectivity index (χ4n) is 4.04. The van der Waals surface area contributed by atoms with E-state index in [1.807, 2.05) is 0 Å². The standard InChI is InChI=1S/C19H29N/c1-19(2)13-6-9-16(12-14-19)20-18-11-5-8-15-7-3-4-10-17(15)18/h3-4,7,10,16,18,20H,5-6,8-9,11-14H2,1-2H3. The first kappa shape index (κ1) is 14.1. The fourth-order valence-corrected chi connectivity index (χ4v) is 4.04. The van der Waals surface area contributed by atoms with Crippen molar-refractivity contribution in [2.24, 2.45) is 5.41 Å². The van der Waals surface area contributed by atoms with Gasteiger partial charge in [0.1, 0.15) is 0 Å². The van der Waals surface area contributed by atoms with Gasteiger partial charge in [-0.15, -0.1) is 0 Å². The number of hydrogen-bond acceptors (Lipinski definition) is 1. The molecule has 20 heavy (non-hydrogen) atoms. The van der Waals surface area contributed by atoms with Crippen molar-refractivity contribution in [1.82, 2.24) is 5.32 Å². The second-order valence-corrected chi connectivity index (χ2v) is 7.60. The maximum atomic E-state index is 3.99. The Balaban J connectivity index is 1.67. The quantitative estimate of drug-likeness (QED) is 0.745. The molecule has 0 spiro atoms. The summed E-state index contributed by atoms with van der Waals surface area (Å²) in [5.74, 6) is 0. The van der Waals surface area contributed by atoms with Crippen LogP contribution in [0.2, 0.25) is 0 Å². The summed E-state index contributed by atoms with van der Waals surface area (Å²) in [4.78, 5) is 0. The van der Waals surface area contributed by atoms with Gasteiger partial charge in [-0.3, -0.25) is 0 Å². The molecule has 1 fully saturated rings. The summed E-state index contributed by atoms with van der Waals surface area (Å²) in [7, 11) is 0. The summed E-state index contributed by atoms with van der Waals surface area (Å²) >= 11 is 0. The lowest BCUT2D eigenvalue weighted by Gasteiger charge is -2.30. The molecule has 0 bridgehead atoms. The smallest absolute Gasteiger partial charge is 0.0325 e. The third kappa shape index (κ3) is 3.25. The summed E-state index contributed by atoms with van der Waals surface area (Å²) in [6.07, 6.45) is 10.8. The highest BCUT2D eigenvalue weighted by Crippen LogP contribution is 2.36. The molecule has 0 amide bonds. The zero-order chi connectivity index (χ0) is 14.0. The molecule has 1 saturated carbocycles. The van der Waals surface area contributed by atoms with Gasteiger partial charge in [0.05, 0.1) is 0 Å². The van der Waals surface area contributed by atoms with Crippen molar-refractivity contribution >= 4 is 0 Å². The van der Waals surface area contributed by atoms with Crippen LogP contribution in [0, 0.1) is 5.41 Å². The summed E-state index contributed by atoms with van der Waals surface area (Å²) in [5.41, 5.74) is 3.70. The van der Waals surface area contributed by atoms with E-state index in [2.05, 4.69) is 43.4 Å². The molecular weight excluding hydrogens is 242 g/mol. The van der Waals surface area contributed by atoms with E-state index in [9.17, 15) is 0 Å². The molecule has 0 aliphatic heterocycles. The molecule has 2 unspecified atom stereocenters. The van der Waals surface area contributed by atoms with Crippen molar-refractivity contribution in [3.8, 4) is 0 Å². The molecule has 1 nitrogen and oxygen atoms in total. The summed E-state index contributed by atoms with van der Waals surface area (Å²) in [5, 5.41) is 3.99. The average molecular weight is 271 g/mol. The van der Waals surface area contributed by atoms with Crippen LogP contribution in [0.3, 0.4) is 0 Å². The Labute approximate surface area is 124 Å². The van der Waals surface area contributed by atoms with Gasteiger partial charge >= 0.3 is 0 Å². The Morgan fingerprint density at radius 1 is 1.00 bits per heavy atom. The summed E-state index contributed by atoms with van der Waals surface area (Å²) in [6.45, 7) is 4.87. The molecule has 2 atom stereocenters. The number of fused-ring (bicyclic) bond motifs is 1. The molecule has 0 radical (unpaired) electrons. The zero-order valence-corrected chi connectivity index (χ0v) is 13.1. The van der Waals surface area contributed by atoms with Crippen molar-refractivity contribution in [1.29, 1.82) is 0 Å². The van der Waals surface area contributed by atoms with Gasteiger partial charge < -0.3 is 5.32 Å². The van der Waals surface area contributed by atoms with Gasteiger partial charge in [-0.25, -0.2) is 0 Å². The average Bonchev–Trinajstić information content (AvgIpc) is 2.61. The number of rotatable bonds is 2. The van der Waals surface area contributed by atoms with Crippen molar-refractivity contribution < 1.29 is 0 Å². The lowest BCUT2D eigenvalue weighted by atomic mass is 9.85. The van der Waals surface area contributed by atoms with Crippen LogP contribution in [0.4, 0.5) is 0 Å². The van der Waals surface area contributed by atoms with Crippen LogP contribution in [-0.4, -0.2) is 6.04 Å². The molecule has 2 aliphatic carbocycles. The molecule has 0 heterocycles. The normalized spacial score (nSPS) is 29.5. The third-order valence-electron chi connectivity index (χ3n) is 5.38. The van der Waals surface area contributed by atoms with Crippen molar-refractivity contribution in [2.75, 3.05) is 0 Å². The van der Waals surface area contributed by atoms with Crippen LogP contribution in [0.5, 0.6) is 0 Å². The minimum atomic E-state index is 0.556. The molecule has 1 N–H and O–H groups in total. The highest BCUT2D eigenvalue weighted by molar-refractivity contribution is 5.32.